The first-order valence-corrected chi connectivity index (χ1v) is 1.57. The SMILES string of the molecule is Cl.OCCOCl. The molecule has 2 nitrogen and oxygen atoms in total. The Morgan fingerprint density at radius 3 is 2.17 bits per heavy atom. The Hall–Kier alpha value is 0.500. The lowest BCUT2D eigenvalue weighted by atomic mass is 10.8. The quantitative estimate of drug-likeness (QED) is 0.596. The Bertz CT molecular complexity index is 17.0. The average Bonchev–Trinajstić information content (AvgIpc) is 1.41. The summed E-state index contributed by atoms with van der Waals surface area (Å²) in [6.07, 6.45) is 0. The Morgan fingerprint density at radius 1 is 1.67 bits per heavy atom. The normalized spacial score (nSPS) is 7.00. The number of hydrogen-bond donors (Lipinski definition) is 1. The van der Waals surface area contributed by atoms with Gasteiger partial charge in [0.1, 0.15) is 0 Å². The summed E-state index contributed by atoms with van der Waals surface area (Å²) in [4.78, 5) is 0. The second-order valence-electron chi connectivity index (χ2n) is 0.537. The number of aliphatic hydroxyl groups is 1. The number of hydrogen-bond acceptors (Lipinski definition) is 2. The van der Waals surface area contributed by atoms with Crippen LogP contribution in [0.15, 0.2) is 0 Å². The molecule has 4 heteroatoms. The van der Waals surface area contributed by atoms with Gasteiger partial charge in [-0.15, -0.1) is 12.4 Å². The molecule has 0 aliphatic heterocycles. The average molecular weight is 133 g/mol. The maximum absolute atomic E-state index is 7.86. The van der Waals surface area contributed by atoms with Crippen LogP contribution in [0.4, 0.5) is 0 Å². The molecule has 40 valence electrons. The van der Waals surface area contributed by atoms with E-state index < -0.39 is 0 Å². The number of aliphatic hydroxyl groups excluding tert-OH is 1. The summed E-state index contributed by atoms with van der Waals surface area (Å²) in [5.41, 5.74) is 0. The lowest BCUT2D eigenvalue weighted by Crippen LogP contribution is -1.87. The van der Waals surface area contributed by atoms with Crippen molar-refractivity contribution in [1.29, 1.82) is 0 Å². The van der Waals surface area contributed by atoms with E-state index in [1.165, 1.54) is 0 Å². The van der Waals surface area contributed by atoms with Crippen molar-refractivity contribution in [3.05, 3.63) is 0 Å². The standard InChI is InChI=1S/C2H5ClO2.ClH/c3-5-2-1-4;/h4H,1-2H2;1H. The van der Waals surface area contributed by atoms with E-state index in [9.17, 15) is 0 Å². The van der Waals surface area contributed by atoms with Gasteiger partial charge < -0.3 is 5.11 Å². The minimum absolute atomic E-state index is 0. The van der Waals surface area contributed by atoms with Gasteiger partial charge in [-0.05, 0) is 0 Å². The smallest absolute Gasteiger partial charge is 0.0913 e. The highest BCUT2D eigenvalue weighted by Gasteiger charge is 1.70. The zero-order chi connectivity index (χ0) is 4.12. The van der Waals surface area contributed by atoms with Gasteiger partial charge in [0.25, 0.3) is 0 Å². The Kier molecular flexibility index (Phi) is 14.7. The summed E-state index contributed by atoms with van der Waals surface area (Å²) in [7, 11) is 0. The molecule has 0 unspecified atom stereocenters. The van der Waals surface area contributed by atoms with E-state index in [1.54, 1.807) is 0 Å². The van der Waals surface area contributed by atoms with Gasteiger partial charge >= 0.3 is 0 Å². The van der Waals surface area contributed by atoms with E-state index in [0.29, 0.717) is 0 Å². The van der Waals surface area contributed by atoms with Gasteiger partial charge in [0.05, 0.1) is 25.1 Å². The molecule has 0 heterocycles. The molecule has 0 aliphatic carbocycles. The molecule has 0 radical (unpaired) electrons. The summed E-state index contributed by atoms with van der Waals surface area (Å²) < 4.78 is 3.91. The van der Waals surface area contributed by atoms with Crippen LogP contribution in [0.5, 0.6) is 0 Å². The van der Waals surface area contributed by atoms with Crippen LogP contribution in [-0.2, 0) is 4.29 Å². The third-order valence-electron chi connectivity index (χ3n) is 0.168. The molecule has 0 bridgehead atoms. The zero-order valence-electron chi connectivity index (χ0n) is 3.06. The minimum Gasteiger partial charge on any atom is -0.394 e. The molecule has 0 aliphatic rings. The monoisotopic (exact) mass is 132 g/mol. The van der Waals surface area contributed by atoms with E-state index in [2.05, 4.69) is 16.2 Å². The molecule has 0 aromatic heterocycles. The Morgan fingerprint density at radius 2 is 2.17 bits per heavy atom. The molecular weight excluding hydrogens is 127 g/mol. The summed E-state index contributed by atoms with van der Waals surface area (Å²) in [6.45, 7) is 0.199. The third kappa shape index (κ3) is 8.82. The fraction of sp³-hybridized carbons (Fsp3) is 1.00. The maximum atomic E-state index is 7.86. The zero-order valence-corrected chi connectivity index (χ0v) is 4.63. The molecule has 0 fully saturated rings. The van der Waals surface area contributed by atoms with Gasteiger partial charge in [-0.25, -0.2) is 0 Å². The van der Waals surface area contributed by atoms with E-state index in [1.807, 2.05) is 0 Å². The van der Waals surface area contributed by atoms with E-state index >= 15 is 0 Å². The molecule has 0 amide bonds. The molecule has 0 saturated carbocycles. The molecule has 0 rings (SSSR count). The largest absolute Gasteiger partial charge is 0.394 e. The molecule has 0 atom stereocenters. The molecule has 0 saturated heterocycles. The first-order valence-electron chi connectivity index (χ1n) is 1.26. The summed E-state index contributed by atoms with van der Waals surface area (Å²) in [5, 5.41) is 7.86. The third-order valence-corrected chi connectivity index (χ3v) is 0.323. The van der Waals surface area contributed by atoms with Gasteiger partial charge in [-0.3, -0.25) is 4.29 Å². The molecule has 0 aromatic carbocycles. The van der Waals surface area contributed by atoms with Crippen molar-refractivity contribution < 1.29 is 9.40 Å². The summed E-state index contributed by atoms with van der Waals surface area (Å²) in [6, 6.07) is 0. The first kappa shape index (κ1) is 9.71. The van der Waals surface area contributed by atoms with E-state index in [0.717, 1.165) is 0 Å². The topological polar surface area (TPSA) is 29.5 Å². The number of halogens is 2. The fourth-order valence-corrected chi connectivity index (χ4v) is 0.104. The van der Waals surface area contributed by atoms with Crippen molar-refractivity contribution in [1.82, 2.24) is 0 Å². The van der Waals surface area contributed by atoms with E-state index in [-0.39, 0.29) is 25.6 Å². The molecule has 6 heavy (non-hydrogen) atoms. The second-order valence-corrected chi connectivity index (χ2v) is 0.755. The summed E-state index contributed by atoms with van der Waals surface area (Å²) >= 11 is 4.64. The van der Waals surface area contributed by atoms with Crippen molar-refractivity contribution >= 4 is 24.3 Å². The summed E-state index contributed by atoms with van der Waals surface area (Å²) in [5.74, 6) is 0. The van der Waals surface area contributed by atoms with Crippen LogP contribution in [0, 0.1) is 0 Å². The fourth-order valence-electron chi connectivity index (χ4n) is 0.0345. The second kappa shape index (κ2) is 9.09. The van der Waals surface area contributed by atoms with Crippen molar-refractivity contribution in [3.63, 3.8) is 0 Å². The van der Waals surface area contributed by atoms with Crippen molar-refractivity contribution in [2.24, 2.45) is 0 Å². The minimum atomic E-state index is -0.0104. The van der Waals surface area contributed by atoms with Crippen molar-refractivity contribution in [3.8, 4) is 0 Å². The van der Waals surface area contributed by atoms with Crippen LogP contribution < -0.4 is 0 Å². The van der Waals surface area contributed by atoms with Crippen LogP contribution in [0.1, 0.15) is 0 Å². The number of rotatable bonds is 2. The van der Waals surface area contributed by atoms with Crippen molar-refractivity contribution in [2.75, 3.05) is 13.2 Å². The predicted molar refractivity (Wildman–Crippen MR) is 26.1 cm³/mol. The molecule has 1 N–H and O–H groups in total. The van der Waals surface area contributed by atoms with Gasteiger partial charge in [0, 0.05) is 0 Å². The Balaban J connectivity index is 0. The van der Waals surface area contributed by atoms with Crippen LogP contribution in [0.3, 0.4) is 0 Å². The highest BCUT2D eigenvalue weighted by atomic mass is 35.5. The van der Waals surface area contributed by atoms with Gasteiger partial charge in [-0.1, -0.05) is 0 Å². The highest BCUT2D eigenvalue weighted by molar-refractivity contribution is 6.07. The van der Waals surface area contributed by atoms with Gasteiger partial charge in [0.2, 0.25) is 0 Å². The van der Waals surface area contributed by atoms with Crippen LogP contribution in [0.2, 0.25) is 0 Å². The highest BCUT2D eigenvalue weighted by Crippen LogP contribution is 1.72. The van der Waals surface area contributed by atoms with Crippen LogP contribution in [-0.4, -0.2) is 18.3 Å². The first-order chi connectivity index (χ1) is 2.41. The molecule has 0 spiro atoms. The van der Waals surface area contributed by atoms with Crippen LogP contribution >= 0.6 is 24.3 Å². The van der Waals surface area contributed by atoms with Crippen molar-refractivity contribution in [2.45, 2.75) is 0 Å². The van der Waals surface area contributed by atoms with Crippen LogP contribution in [0.25, 0.3) is 0 Å². The van der Waals surface area contributed by atoms with Gasteiger partial charge in [-0.2, -0.15) is 0 Å². The molecular formula is C2H6Cl2O2. The lowest BCUT2D eigenvalue weighted by molar-refractivity contribution is 0.212. The van der Waals surface area contributed by atoms with E-state index in [4.69, 9.17) is 5.11 Å². The van der Waals surface area contributed by atoms with Gasteiger partial charge in [0.15, 0.2) is 0 Å². The Labute approximate surface area is 47.6 Å². The lowest BCUT2D eigenvalue weighted by Gasteiger charge is -1.80. The predicted octanol–water partition coefficient (Wildman–Crippen LogP) is 0.571. The maximum Gasteiger partial charge on any atom is 0.0913 e. The molecule has 0 aromatic rings.